The van der Waals surface area contributed by atoms with Gasteiger partial charge in [0.25, 0.3) is 0 Å². The first-order valence-corrected chi connectivity index (χ1v) is 4.77. The number of rotatable bonds is 2. The van der Waals surface area contributed by atoms with Gasteiger partial charge in [-0.3, -0.25) is 4.98 Å². The number of aromatic carboxylic acids is 1. The molecule has 0 spiro atoms. The molecule has 0 bridgehead atoms. The normalized spacial score (nSPS) is 15.4. The van der Waals surface area contributed by atoms with Gasteiger partial charge in [0.1, 0.15) is 0 Å². The zero-order chi connectivity index (χ0) is 10.7. The summed E-state index contributed by atoms with van der Waals surface area (Å²) in [6.07, 6.45) is 2.90. The second-order valence-electron chi connectivity index (χ2n) is 3.28. The van der Waals surface area contributed by atoms with Crippen molar-refractivity contribution in [1.29, 1.82) is 0 Å². The van der Waals surface area contributed by atoms with Crippen molar-refractivity contribution in [2.45, 2.75) is 0 Å². The Morgan fingerprint density at radius 1 is 1.44 bits per heavy atom. The molecule has 0 amide bonds. The van der Waals surface area contributed by atoms with Crippen LogP contribution in [0.2, 0.25) is 0 Å². The van der Waals surface area contributed by atoms with Gasteiger partial charge in [-0.1, -0.05) is 0 Å². The number of hydrogen-bond acceptors (Lipinski definition) is 5. The van der Waals surface area contributed by atoms with Crippen LogP contribution in [-0.2, 0) is 4.74 Å². The van der Waals surface area contributed by atoms with Crippen LogP contribution in [0.25, 0.3) is 0 Å². The molecular formula is C10H11KN2O3. The molecule has 1 aliphatic rings. The maximum Gasteiger partial charge on any atom is 1.00 e. The minimum absolute atomic E-state index is 0. The number of pyridine rings is 1. The van der Waals surface area contributed by atoms with E-state index < -0.39 is 5.97 Å². The van der Waals surface area contributed by atoms with Crippen LogP contribution >= 0.6 is 0 Å². The summed E-state index contributed by atoms with van der Waals surface area (Å²) in [5, 5.41) is 10.9. The van der Waals surface area contributed by atoms with E-state index in [1.165, 1.54) is 6.20 Å². The van der Waals surface area contributed by atoms with Crippen LogP contribution in [0.3, 0.4) is 0 Å². The molecule has 1 aromatic heterocycles. The number of hydrogen-bond donors (Lipinski definition) is 0. The fraction of sp³-hybridized carbons (Fsp3) is 0.400. The first-order valence-electron chi connectivity index (χ1n) is 4.77. The molecule has 6 heteroatoms. The Bertz CT molecular complexity index is 367. The number of ether oxygens (including phenoxy) is 1. The molecule has 2 heterocycles. The summed E-state index contributed by atoms with van der Waals surface area (Å²) in [4.78, 5) is 16.6. The average Bonchev–Trinajstić information content (AvgIpc) is 2.30. The van der Waals surface area contributed by atoms with Gasteiger partial charge in [-0.15, -0.1) is 0 Å². The molecule has 1 aromatic rings. The monoisotopic (exact) mass is 246 g/mol. The summed E-state index contributed by atoms with van der Waals surface area (Å²) in [6.45, 7) is 2.64. The van der Waals surface area contributed by atoms with Crippen molar-refractivity contribution < 1.29 is 66.0 Å². The molecule has 0 unspecified atom stereocenters. The predicted molar refractivity (Wildman–Crippen MR) is 51.6 cm³/mol. The van der Waals surface area contributed by atoms with Gasteiger partial charge in [0.05, 0.1) is 19.2 Å². The molecule has 5 nitrogen and oxygen atoms in total. The maximum atomic E-state index is 10.9. The Morgan fingerprint density at radius 3 is 2.75 bits per heavy atom. The third-order valence-corrected chi connectivity index (χ3v) is 2.37. The van der Waals surface area contributed by atoms with E-state index in [4.69, 9.17) is 4.74 Å². The van der Waals surface area contributed by atoms with Crippen LogP contribution in [0.5, 0.6) is 0 Å². The van der Waals surface area contributed by atoms with Gasteiger partial charge >= 0.3 is 51.4 Å². The van der Waals surface area contributed by atoms with Crippen molar-refractivity contribution >= 4 is 11.7 Å². The number of anilines is 1. The third kappa shape index (κ3) is 3.25. The quantitative estimate of drug-likeness (QED) is 0.502. The average molecular weight is 246 g/mol. The Kier molecular flexibility index (Phi) is 5.88. The zero-order valence-electron chi connectivity index (χ0n) is 9.18. The van der Waals surface area contributed by atoms with Crippen LogP contribution in [0.15, 0.2) is 18.5 Å². The summed E-state index contributed by atoms with van der Waals surface area (Å²) in [7, 11) is 0. The third-order valence-electron chi connectivity index (χ3n) is 2.37. The molecule has 2 rings (SSSR count). The molecule has 0 aromatic carbocycles. The van der Waals surface area contributed by atoms with Crippen LogP contribution in [0, 0.1) is 0 Å². The zero-order valence-corrected chi connectivity index (χ0v) is 12.3. The number of carboxylic acid groups (broad SMARTS) is 1. The van der Waals surface area contributed by atoms with Crippen LogP contribution in [-0.4, -0.2) is 37.3 Å². The fourth-order valence-electron chi connectivity index (χ4n) is 1.62. The first kappa shape index (κ1) is 14.1. The molecule has 80 valence electrons. The van der Waals surface area contributed by atoms with Crippen LogP contribution < -0.4 is 61.4 Å². The van der Waals surface area contributed by atoms with Crippen LogP contribution in [0.1, 0.15) is 10.4 Å². The summed E-state index contributed by atoms with van der Waals surface area (Å²) in [6, 6.07) is 1.69. The second kappa shape index (κ2) is 6.68. The van der Waals surface area contributed by atoms with Gasteiger partial charge < -0.3 is 19.5 Å². The number of nitrogens with zero attached hydrogens (tertiary/aromatic N) is 2. The summed E-state index contributed by atoms with van der Waals surface area (Å²) in [5.74, 6) is -1.19. The van der Waals surface area contributed by atoms with Crippen molar-refractivity contribution in [3.05, 3.63) is 24.0 Å². The Hall–Kier alpha value is 0.0164. The molecule has 16 heavy (non-hydrogen) atoms. The Labute approximate surface area is 136 Å². The standard InChI is InChI=1S/C10H12N2O3.K/c13-10(14)8-7-11-2-1-9(8)12-3-5-15-6-4-12;/h1-2,7H,3-6H2,(H,13,14);/q;+1/p-1. The van der Waals surface area contributed by atoms with Gasteiger partial charge in [-0.2, -0.15) is 0 Å². The minimum atomic E-state index is -1.19. The number of aromatic nitrogens is 1. The maximum absolute atomic E-state index is 10.9. The van der Waals surface area contributed by atoms with E-state index in [2.05, 4.69) is 4.98 Å². The van der Waals surface area contributed by atoms with Crippen molar-refractivity contribution in [3.8, 4) is 0 Å². The van der Waals surface area contributed by atoms with E-state index >= 15 is 0 Å². The SMILES string of the molecule is O=C([O-])c1cnccc1N1CCOCC1.[K+]. The number of carboxylic acids is 1. The van der Waals surface area contributed by atoms with Gasteiger partial charge in [0.2, 0.25) is 0 Å². The molecule has 0 aliphatic carbocycles. The van der Waals surface area contributed by atoms with Gasteiger partial charge in [-0.25, -0.2) is 0 Å². The molecule has 1 aliphatic heterocycles. The number of carbonyl (C=O) groups excluding carboxylic acids is 1. The van der Waals surface area contributed by atoms with Gasteiger partial charge in [0.15, 0.2) is 0 Å². The van der Waals surface area contributed by atoms with E-state index in [1.807, 2.05) is 4.90 Å². The van der Waals surface area contributed by atoms with Crippen molar-refractivity contribution in [1.82, 2.24) is 4.98 Å². The fourth-order valence-corrected chi connectivity index (χ4v) is 1.62. The molecule has 1 saturated heterocycles. The van der Waals surface area contributed by atoms with Crippen molar-refractivity contribution in [2.75, 3.05) is 31.2 Å². The van der Waals surface area contributed by atoms with Crippen LogP contribution in [0.4, 0.5) is 5.69 Å². The summed E-state index contributed by atoms with van der Waals surface area (Å²) < 4.78 is 5.20. The smallest absolute Gasteiger partial charge is 0.545 e. The predicted octanol–water partition coefficient (Wildman–Crippen LogP) is -3.71. The van der Waals surface area contributed by atoms with Gasteiger partial charge in [-0.05, 0) is 6.07 Å². The van der Waals surface area contributed by atoms with Crippen molar-refractivity contribution in [2.24, 2.45) is 0 Å². The summed E-state index contributed by atoms with van der Waals surface area (Å²) >= 11 is 0. The minimum Gasteiger partial charge on any atom is -0.545 e. The largest absolute Gasteiger partial charge is 1.00 e. The summed E-state index contributed by atoms with van der Waals surface area (Å²) in [5.41, 5.74) is 0.799. The van der Waals surface area contributed by atoms with E-state index in [1.54, 1.807) is 12.3 Å². The molecule has 1 fully saturated rings. The van der Waals surface area contributed by atoms with E-state index in [0.29, 0.717) is 32.0 Å². The first-order chi connectivity index (χ1) is 7.29. The van der Waals surface area contributed by atoms with Crippen molar-refractivity contribution in [3.63, 3.8) is 0 Å². The molecule has 0 N–H and O–H groups in total. The van der Waals surface area contributed by atoms with E-state index in [9.17, 15) is 9.90 Å². The number of morpholine rings is 1. The topological polar surface area (TPSA) is 65.5 Å². The molecule has 0 atom stereocenters. The van der Waals surface area contributed by atoms with Gasteiger partial charge in [0, 0.05) is 36.7 Å². The number of carbonyl (C=O) groups is 1. The Balaban J connectivity index is 0.00000128. The molecular weight excluding hydrogens is 235 g/mol. The molecule has 0 saturated carbocycles. The Morgan fingerprint density at radius 2 is 2.12 bits per heavy atom. The van der Waals surface area contributed by atoms with E-state index in [0.717, 1.165) is 0 Å². The second-order valence-corrected chi connectivity index (χ2v) is 3.28. The molecule has 0 radical (unpaired) electrons. The van der Waals surface area contributed by atoms with E-state index in [-0.39, 0.29) is 56.9 Å².